The van der Waals surface area contributed by atoms with Crippen LogP contribution in [0.3, 0.4) is 0 Å². The molecule has 0 aromatic carbocycles. The summed E-state index contributed by atoms with van der Waals surface area (Å²) < 4.78 is 15.8. The lowest BCUT2D eigenvalue weighted by Crippen LogP contribution is -2.45. The van der Waals surface area contributed by atoms with Gasteiger partial charge in [0, 0.05) is 25.4 Å². The largest absolute Gasteiger partial charge is 0.464 e. The monoisotopic (exact) mass is 336 g/mol. The second-order valence-corrected chi connectivity index (χ2v) is 5.58. The zero-order chi connectivity index (χ0) is 17.2. The fourth-order valence-corrected chi connectivity index (χ4v) is 2.49. The van der Waals surface area contributed by atoms with Gasteiger partial charge in [0.25, 0.3) is 0 Å². The first-order valence-electron chi connectivity index (χ1n) is 8.23. The van der Waals surface area contributed by atoms with Gasteiger partial charge in [-0.05, 0) is 37.5 Å². The molecule has 2 rings (SSSR count). The van der Waals surface area contributed by atoms with E-state index < -0.39 is 12.0 Å². The number of ether oxygens (including phenoxy) is 3. The van der Waals surface area contributed by atoms with Crippen LogP contribution in [0.4, 0.5) is 0 Å². The maximum Gasteiger partial charge on any atom is 0.328 e. The third-order valence-electron chi connectivity index (χ3n) is 3.66. The standard InChI is InChI=1S/C17H24N2O5/c1-2-23-17(21)15(10-13-5-7-18-8-6-13)19-16(20)12-22-11-14-4-3-9-24-14/h5-8,14-15H,2-4,9-12H2,1H3,(H,19,20). The van der Waals surface area contributed by atoms with Gasteiger partial charge < -0.3 is 19.5 Å². The van der Waals surface area contributed by atoms with Crippen LogP contribution < -0.4 is 5.32 Å². The minimum Gasteiger partial charge on any atom is -0.464 e. The molecule has 1 N–H and O–H groups in total. The average Bonchev–Trinajstić information content (AvgIpc) is 3.09. The molecule has 132 valence electrons. The number of rotatable bonds is 9. The lowest BCUT2D eigenvalue weighted by atomic mass is 10.1. The number of amides is 1. The molecule has 7 heteroatoms. The highest BCUT2D eigenvalue weighted by atomic mass is 16.5. The van der Waals surface area contributed by atoms with E-state index in [1.807, 2.05) is 0 Å². The van der Waals surface area contributed by atoms with Crippen molar-refractivity contribution in [2.24, 2.45) is 0 Å². The van der Waals surface area contributed by atoms with Gasteiger partial charge in [0.2, 0.25) is 5.91 Å². The minimum absolute atomic E-state index is 0.0653. The molecule has 1 aromatic heterocycles. The summed E-state index contributed by atoms with van der Waals surface area (Å²) in [4.78, 5) is 28.0. The molecule has 1 aromatic rings. The minimum atomic E-state index is -0.744. The molecule has 1 saturated heterocycles. The summed E-state index contributed by atoms with van der Waals surface area (Å²) in [6.07, 6.45) is 5.68. The Balaban J connectivity index is 1.81. The molecular weight excluding hydrogens is 312 g/mol. The van der Waals surface area contributed by atoms with E-state index >= 15 is 0 Å². The van der Waals surface area contributed by atoms with Crippen LogP contribution in [0.5, 0.6) is 0 Å². The van der Waals surface area contributed by atoms with Crippen LogP contribution >= 0.6 is 0 Å². The lowest BCUT2D eigenvalue weighted by Gasteiger charge is -2.18. The van der Waals surface area contributed by atoms with Crippen LogP contribution in [0.2, 0.25) is 0 Å². The first-order valence-corrected chi connectivity index (χ1v) is 8.23. The number of carbonyl (C=O) groups excluding carboxylic acids is 2. The lowest BCUT2D eigenvalue weighted by molar-refractivity contribution is -0.148. The molecule has 2 unspecified atom stereocenters. The summed E-state index contributed by atoms with van der Waals surface area (Å²) in [7, 11) is 0. The van der Waals surface area contributed by atoms with E-state index in [9.17, 15) is 9.59 Å². The Kier molecular flexibility index (Phi) is 7.64. The molecule has 0 bridgehead atoms. The third kappa shape index (κ3) is 6.25. The Morgan fingerprint density at radius 2 is 2.21 bits per heavy atom. The van der Waals surface area contributed by atoms with E-state index in [0.29, 0.717) is 13.0 Å². The van der Waals surface area contributed by atoms with Gasteiger partial charge >= 0.3 is 5.97 Å². The molecule has 0 radical (unpaired) electrons. The predicted molar refractivity (Wildman–Crippen MR) is 86.3 cm³/mol. The van der Waals surface area contributed by atoms with Crippen molar-refractivity contribution in [3.8, 4) is 0 Å². The van der Waals surface area contributed by atoms with Crippen LogP contribution in [0.25, 0.3) is 0 Å². The van der Waals surface area contributed by atoms with Crippen molar-refractivity contribution in [2.75, 3.05) is 26.4 Å². The number of hydrogen-bond acceptors (Lipinski definition) is 6. The van der Waals surface area contributed by atoms with Crippen molar-refractivity contribution in [3.63, 3.8) is 0 Å². The van der Waals surface area contributed by atoms with Crippen LogP contribution in [0.15, 0.2) is 24.5 Å². The number of nitrogens with one attached hydrogen (secondary N) is 1. The maximum absolute atomic E-state index is 12.1. The second-order valence-electron chi connectivity index (χ2n) is 5.58. The van der Waals surface area contributed by atoms with Crippen LogP contribution in [-0.4, -0.2) is 55.4 Å². The Labute approximate surface area is 141 Å². The van der Waals surface area contributed by atoms with E-state index in [-0.39, 0.29) is 25.2 Å². The zero-order valence-corrected chi connectivity index (χ0v) is 13.9. The van der Waals surface area contributed by atoms with Crippen molar-refractivity contribution < 1.29 is 23.8 Å². The SMILES string of the molecule is CCOC(=O)C(Cc1ccncc1)NC(=O)COCC1CCCO1. The van der Waals surface area contributed by atoms with Crippen LogP contribution in [0.1, 0.15) is 25.3 Å². The van der Waals surface area contributed by atoms with E-state index in [4.69, 9.17) is 14.2 Å². The Hall–Kier alpha value is -1.99. The molecule has 0 spiro atoms. The fraction of sp³-hybridized carbons (Fsp3) is 0.588. The molecule has 24 heavy (non-hydrogen) atoms. The number of nitrogens with zero attached hydrogens (tertiary/aromatic N) is 1. The van der Waals surface area contributed by atoms with Gasteiger partial charge in [-0.2, -0.15) is 0 Å². The second kappa shape index (κ2) is 10.00. The normalized spacial score (nSPS) is 18.1. The molecule has 1 amide bonds. The molecule has 1 aliphatic rings. The van der Waals surface area contributed by atoms with E-state index in [2.05, 4.69) is 10.3 Å². The van der Waals surface area contributed by atoms with Crippen molar-refractivity contribution in [2.45, 2.75) is 38.3 Å². The van der Waals surface area contributed by atoms with E-state index in [0.717, 1.165) is 25.0 Å². The highest BCUT2D eigenvalue weighted by Gasteiger charge is 2.23. The highest BCUT2D eigenvalue weighted by Crippen LogP contribution is 2.11. The highest BCUT2D eigenvalue weighted by molar-refractivity contribution is 5.85. The first-order chi connectivity index (χ1) is 11.7. The van der Waals surface area contributed by atoms with Crippen molar-refractivity contribution in [1.29, 1.82) is 0 Å². The predicted octanol–water partition coefficient (Wildman–Crippen LogP) is 0.868. The summed E-state index contributed by atoms with van der Waals surface area (Å²) in [5.41, 5.74) is 0.892. The van der Waals surface area contributed by atoms with Gasteiger partial charge in [0.15, 0.2) is 0 Å². The number of aromatic nitrogens is 1. The number of pyridine rings is 1. The van der Waals surface area contributed by atoms with Gasteiger partial charge in [0.05, 0.1) is 19.3 Å². The molecule has 7 nitrogen and oxygen atoms in total. The van der Waals surface area contributed by atoms with Gasteiger partial charge in [-0.25, -0.2) is 4.79 Å². The van der Waals surface area contributed by atoms with Crippen molar-refractivity contribution in [1.82, 2.24) is 10.3 Å². The fourth-order valence-electron chi connectivity index (χ4n) is 2.49. The van der Waals surface area contributed by atoms with Crippen molar-refractivity contribution >= 4 is 11.9 Å². The van der Waals surface area contributed by atoms with Gasteiger partial charge in [-0.3, -0.25) is 9.78 Å². The Bertz CT molecular complexity index is 517. The smallest absolute Gasteiger partial charge is 0.328 e. The van der Waals surface area contributed by atoms with Crippen LogP contribution in [-0.2, 0) is 30.2 Å². The topological polar surface area (TPSA) is 86.8 Å². The van der Waals surface area contributed by atoms with Gasteiger partial charge in [-0.15, -0.1) is 0 Å². The maximum atomic E-state index is 12.1. The van der Waals surface area contributed by atoms with Gasteiger partial charge in [-0.1, -0.05) is 0 Å². The van der Waals surface area contributed by atoms with Crippen molar-refractivity contribution in [3.05, 3.63) is 30.1 Å². The first kappa shape index (κ1) is 18.4. The van der Waals surface area contributed by atoms with E-state index in [1.54, 1.807) is 31.5 Å². The summed E-state index contributed by atoms with van der Waals surface area (Å²) in [5, 5.41) is 2.68. The molecule has 1 fully saturated rings. The molecule has 2 heterocycles. The molecule has 2 atom stereocenters. The summed E-state index contributed by atoms with van der Waals surface area (Å²) in [6, 6.07) is 2.85. The number of hydrogen-bond donors (Lipinski definition) is 1. The van der Waals surface area contributed by atoms with Crippen LogP contribution in [0, 0.1) is 0 Å². The summed E-state index contributed by atoms with van der Waals surface area (Å²) >= 11 is 0. The Morgan fingerprint density at radius 1 is 1.42 bits per heavy atom. The quantitative estimate of drug-likeness (QED) is 0.673. The number of carbonyl (C=O) groups is 2. The molecule has 0 saturated carbocycles. The molecular formula is C17H24N2O5. The summed E-state index contributed by atoms with van der Waals surface area (Å²) in [5.74, 6) is -0.804. The zero-order valence-electron chi connectivity index (χ0n) is 13.9. The number of esters is 1. The Morgan fingerprint density at radius 3 is 2.88 bits per heavy atom. The third-order valence-corrected chi connectivity index (χ3v) is 3.66. The summed E-state index contributed by atoms with van der Waals surface area (Å²) in [6.45, 7) is 3.02. The average molecular weight is 336 g/mol. The molecule has 1 aliphatic heterocycles. The van der Waals surface area contributed by atoms with Gasteiger partial charge in [0.1, 0.15) is 12.6 Å². The molecule has 0 aliphatic carbocycles. The van der Waals surface area contributed by atoms with E-state index in [1.165, 1.54) is 0 Å².